The highest BCUT2D eigenvalue weighted by atomic mass is 15.2. The number of hydrogen-bond donors (Lipinski definition) is 0. The molecule has 0 bridgehead atoms. The fourth-order valence-corrected chi connectivity index (χ4v) is 11.9. The van der Waals surface area contributed by atoms with Crippen molar-refractivity contribution in [3.05, 3.63) is 311 Å². The summed E-state index contributed by atoms with van der Waals surface area (Å²) in [4.78, 5) is 2.43. The van der Waals surface area contributed by atoms with Crippen molar-refractivity contribution in [3.63, 3.8) is 0 Å². The van der Waals surface area contributed by atoms with Crippen LogP contribution in [0.1, 0.15) is 56.8 Å². The Bertz CT molecular complexity index is 3600. The van der Waals surface area contributed by atoms with Gasteiger partial charge in [-0.1, -0.05) is 236 Å². The SMILES string of the molecule is Cc1ccc(-c2ccccc2)cc1.Cc1cccc2c1-c1ccccc1C21c2ccccc2-c2ccccc21.Cc1ccccc1-c1ccccc1-c1ccc2c(c1)C1CC=CC=C1N2c1ccccc1. The lowest BCUT2D eigenvalue weighted by atomic mass is 9.70. The van der Waals surface area contributed by atoms with Crippen LogP contribution in [-0.2, 0) is 5.41 Å². The van der Waals surface area contributed by atoms with Gasteiger partial charge >= 0.3 is 0 Å². The molecule has 10 aromatic rings. The van der Waals surface area contributed by atoms with Gasteiger partial charge in [-0.3, -0.25) is 0 Å². The first-order valence-electron chi connectivity index (χ1n) is 25.0. The fourth-order valence-electron chi connectivity index (χ4n) is 11.9. The average Bonchev–Trinajstić information content (AvgIpc) is 4.04. The van der Waals surface area contributed by atoms with Gasteiger partial charge in [0.05, 0.1) is 5.41 Å². The van der Waals surface area contributed by atoms with Crippen LogP contribution >= 0.6 is 0 Å². The summed E-state index contributed by atoms with van der Waals surface area (Å²) in [5.41, 5.74) is 28.0. The summed E-state index contributed by atoms with van der Waals surface area (Å²) >= 11 is 0. The Kier molecular flexibility index (Phi) is 11.4. The monoisotopic (exact) mass is 909 g/mol. The molecule has 0 N–H and O–H groups in total. The van der Waals surface area contributed by atoms with Crippen LogP contribution in [0.3, 0.4) is 0 Å². The van der Waals surface area contributed by atoms with E-state index in [1.54, 1.807) is 0 Å². The lowest BCUT2D eigenvalue weighted by Gasteiger charge is -2.30. The van der Waals surface area contributed by atoms with Crippen LogP contribution in [0.2, 0.25) is 0 Å². The summed E-state index contributed by atoms with van der Waals surface area (Å²) in [6.07, 6.45) is 7.82. The number of para-hydroxylation sites is 1. The van der Waals surface area contributed by atoms with Crippen molar-refractivity contribution < 1.29 is 0 Å². The quantitative estimate of drug-likeness (QED) is 0.170. The van der Waals surface area contributed by atoms with Gasteiger partial charge in [-0.15, -0.1) is 0 Å². The number of nitrogens with zero attached hydrogens (tertiary/aromatic N) is 1. The highest BCUT2D eigenvalue weighted by Gasteiger charge is 2.51. The first-order chi connectivity index (χ1) is 35.0. The van der Waals surface area contributed by atoms with E-state index in [0.717, 1.165) is 6.42 Å². The maximum absolute atomic E-state index is 2.43. The van der Waals surface area contributed by atoms with Crippen LogP contribution in [0.15, 0.2) is 267 Å². The molecule has 10 aromatic carbocycles. The summed E-state index contributed by atoms with van der Waals surface area (Å²) < 4.78 is 0. The second kappa shape index (κ2) is 18.4. The third-order valence-corrected chi connectivity index (χ3v) is 15.1. The zero-order valence-electron chi connectivity index (χ0n) is 40.6. The molecule has 1 spiro atoms. The van der Waals surface area contributed by atoms with Crippen molar-refractivity contribution in [2.24, 2.45) is 0 Å². The largest absolute Gasteiger partial charge is 0.313 e. The van der Waals surface area contributed by atoms with E-state index in [-0.39, 0.29) is 5.41 Å². The molecule has 0 aromatic heterocycles. The van der Waals surface area contributed by atoms with E-state index in [1.807, 2.05) is 6.07 Å². The Labute approximate surface area is 419 Å². The molecule has 0 saturated heterocycles. The number of fused-ring (bicyclic) bond motifs is 13. The lowest BCUT2D eigenvalue weighted by Crippen LogP contribution is -2.25. The van der Waals surface area contributed by atoms with Crippen molar-refractivity contribution in [2.45, 2.75) is 38.5 Å². The van der Waals surface area contributed by atoms with E-state index in [4.69, 9.17) is 0 Å². The van der Waals surface area contributed by atoms with Crippen molar-refractivity contribution in [1.29, 1.82) is 0 Å². The molecule has 1 heterocycles. The number of hydrogen-bond acceptors (Lipinski definition) is 1. The minimum atomic E-state index is -0.189. The van der Waals surface area contributed by atoms with Gasteiger partial charge in [-0.05, 0) is 152 Å². The summed E-state index contributed by atoms with van der Waals surface area (Å²) in [5.74, 6) is 0.403. The summed E-state index contributed by atoms with van der Waals surface area (Å²) in [6.45, 7) is 6.54. The molecule has 340 valence electrons. The molecule has 4 aliphatic rings. The normalized spacial score (nSPS) is 14.6. The predicted molar refractivity (Wildman–Crippen MR) is 299 cm³/mol. The smallest absolute Gasteiger partial charge is 0.0725 e. The first-order valence-corrected chi connectivity index (χ1v) is 25.0. The van der Waals surface area contributed by atoms with Gasteiger partial charge in [-0.2, -0.15) is 0 Å². The van der Waals surface area contributed by atoms with E-state index in [0.29, 0.717) is 5.92 Å². The molecule has 1 nitrogen and oxygen atoms in total. The van der Waals surface area contributed by atoms with Gasteiger partial charge in [0.2, 0.25) is 0 Å². The molecule has 1 unspecified atom stereocenters. The van der Waals surface area contributed by atoms with E-state index in [1.165, 1.54) is 117 Å². The Morgan fingerprint density at radius 1 is 0.394 bits per heavy atom. The van der Waals surface area contributed by atoms with Crippen molar-refractivity contribution in [2.75, 3.05) is 4.90 Å². The van der Waals surface area contributed by atoms with Gasteiger partial charge in [0.15, 0.2) is 0 Å². The van der Waals surface area contributed by atoms with E-state index >= 15 is 0 Å². The third kappa shape index (κ3) is 7.48. The Morgan fingerprint density at radius 2 is 0.901 bits per heavy atom. The molecule has 1 aliphatic heterocycles. The van der Waals surface area contributed by atoms with Crippen LogP contribution in [-0.4, -0.2) is 0 Å². The zero-order chi connectivity index (χ0) is 47.9. The van der Waals surface area contributed by atoms with Gasteiger partial charge < -0.3 is 4.90 Å². The van der Waals surface area contributed by atoms with Crippen LogP contribution in [0.25, 0.3) is 55.6 Å². The number of allylic oxidation sites excluding steroid dienone is 4. The molecule has 0 fully saturated rings. The summed E-state index contributed by atoms with van der Waals surface area (Å²) in [5, 5.41) is 0. The molecule has 1 heteroatoms. The van der Waals surface area contributed by atoms with Crippen molar-refractivity contribution >= 4 is 11.4 Å². The second-order valence-electron chi connectivity index (χ2n) is 19.2. The topological polar surface area (TPSA) is 3.24 Å². The summed E-state index contributed by atoms with van der Waals surface area (Å²) in [7, 11) is 0. The Balaban J connectivity index is 0.000000119. The molecule has 0 amide bonds. The predicted octanol–water partition coefficient (Wildman–Crippen LogP) is 18.4. The standard InChI is InChI=1S/C31H25N.C26H18.C13H12/c1-22-11-5-6-14-25(22)27-16-8-7-15-26(27)23-19-20-31-29(21-23)28-17-9-10-18-30(28)32(31)24-12-3-2-4-13-24;1-17-9-8-16-24-25(17)20-12-4-7-15-23(20)26(24)21-13-5-2-10-18(21)19-11-3-6-14-22(19)26;1-11-7-9-13(10-8-11)12-5-3-2-4-6-12/h2-16,18-21,28H,17H2,1H3;2-16H,1H3;2-10H,1H3. The molecule has 14 rings (SSSR count). The minimum absolute atomic E-state index is 0.189. The van der Waals surface area contributed by atoms with Crippen molar-refractivity contribution in [3.8, 4) is 55.6 Å². The molecular formula is C70H55N. The number of anilines is 2. The number of aryl methyl sites for hydroxylation is 3. The van der Waals surface area contributed by atoms with E-state index in [9.17, 15) is 0 Å². The van der Waals surface area contributed by atoms with E-state index < -0.39 is 0 Å². The summed E-state index contributed by atoms with van der Waals surface area (Å²) in [6, 6.07) is 87.9. The fraction of sp³-hybridized carbons (Fsp3) is 0.0857. The third-order valence-electron chi connectivity index (χ3n) is 15.1. The average molecular weight is 910 g/mol. The van der Waals surface area contributed by atoms with Gasteiger partial charge in [0.1, 0.15) is 0 Å². The first kappa shape index (κ1) is 43.7. The van der Waals surface area contributed by atoms with Crippen LogP contribution in [0.4, 0.5) is 11.4 Å². The molecule has 0 saturated carbocycles. The van der Waals surface area contributed by atoms with Gasteiger partial charge in [0, 0.05) is 23.0 Å². The zero-order valence-corrected chi connectivity index (χ0v) is 40.6. The van der Waals surface area contributed by atoms with Gasteiger partial charge in [-0.25, -0.2) is 0 Å². The number of benzene rings is 10. The highest BCUT2D eigenvalue weighted by Crippen LogP contribution is 2.63. The molecule has 0 radical (unpaired) electrons. The Hall–Kier alpha value is -8.52. The minimum Gasteiger partial charge on any atom is -0.313 e. The molecule has 71 heavy (non-hydrogen) atoms. The second-order valence-corrected chi connectivity index (χ2v) is 19.2. The van der Waals surface area contributed by atoms with E-state index in [2.05, 4.69) is 280 Å². The maximum Gasteiger partial charge on any atom is 0.0725 e. The van der Waals surface area contributed by atoms with Crippen LogP contribution < -0.4 is 4.90 Å². The van der Waals surface area contributed by atoms with Crippen LogP contribution in [0, 0.1) is 20.8 Å². The molecule has 3 aliphatic carbocycles. The van der Waals surface area contributed by atoms with Gasteiger partial charge in [0.25, 0.3) is 0 Å². The van der Waals surface area contributed by atoms with Crippen LogP contribution in [0.5, 0.6) is 0 Å². The maximum atomic E-state index is 2.43. The lowest BCUT2D eigenvalue weighted by molar-refractivity contribution is 0.793. The molecular weight excluding hydrogens is 855 g/mol. The van der Waals surface area contributed by atoms with Crippen molar-refractivity contribution in [1.82, 2.24) is 0 Å². The molecule has 1 atom stereocenters. The highest BCUT2D eigenvalue weighted by molar-refractivity contribution is 5.96. The number of rotatable bonds is 4. The Morgan fingerprint density at radius 3 is 1.58 bits per heavy atom.